The van der Waals surface area contributed by atoms with Crippen LogP contribution in [0.3, 0.4) is 0 Å². The number of hydrogen-bond donors (Lipinski definition) is 0. The molecule has 1 atom stereocenters. The fourth-order valence-corrected chi connectivity index (χ4v) is 7.33. The van der Waals surface area contributed by atoms with E-state index in [-0.39, 0.29) is 31.1 Å². The van der Waals surface area contributed by atoms with E-state index in [0.29, 0.717) is 19.3 Å². The van der Waals surface area contributed by atoms with E-state index < -0.39 is 6.10 Å². The van der Waals surface area contributed by atoms with Gasteiger partial charge in [-0.15, -0.1) is 0 Å². The molecule has 0 bridgehead atoms. The number of carbonyl (C=O) groups excluding carboxylic acids is 3. The Morgan fingerprint density at radius 3 is 0.891 bits per heavy atom. The lowest BCUT2D eigenvalue weighted by molar-refractivity contribution is -0.167. The van der Waals surface area contributed by atoms with E-state index in [1.807, 2.05) is 0 Å². The second kappa shape index (κ2) is 43.5. The first-order valence-electron chi connectivity index (χ1n) is 24.4. The van der Waals surface area contributed by atoms with Crippen molar-refractivity contribution >= 4 is 17.9 Å². The molecule has 0 fully saturated rings. The van der Waals surface area contributed by atoms with Gasteiger partial charge < -0.3 is 14.2 Å². The fourth-order valence-electron chi connectivity index (χ4n) is 7.33. The van der Waals surface area contributed by atoms with E-state index >= 15 is 0 Å². The number of hydrogen-bond acceptors (Lipinski definition) is 6. The van der Waals surface area contributed by atoms with E-state index in [0.717, 1.165) is 63.7 Å². The van der Waals surface area contributed by atoms with Crippen LogP contribution in [-0.2, 0) is 28.6 Å². The van der Waals surface area contributed by atoms with Crippen molar-refractivity contribution in [1.82, 2.24) is 0 Å². The number of esters is 3. The molecule has 0 heterocycles. The molecule has 0 saturated carbocycles. The van der Waals surface area contributed by atoms with Gasteiger partial charge in [-0.05, 0) is 25.2 Å². The monoisotopic (exact) mass is 779 g/mol. The van der Waals surface area contributed by atoms with Crippen LogP contribution < -0.4 is 0 Å². The lowest BCUT2D eigenvalue weighted by Gasteiger charge is -2.18. The smallest absolute Gasteiger partial charge is 0.306 e. The van der Waals surface area contributed by atoms with E-state index in [1.54, 1.807) is 0 Å². The summed E-state index contributed by atoms with van der Waals surface area (Å²) in [5.41, 5.74) is 0. The Bertz CT molecular complexity index is 826. The van der Waals surface area contributed by atoms with Gasteiger partial charge in [0.05, 0.1) is 0 Å². The molecule has 0 unspecified atom stereocenters. The molecule has 0 saturated heterocycles. The molecule has 6 nitrogen and oxygen atoms in total. The molecular weight excluding hydrogens is 685 g/mol. The Labute approximate surface area is 342 Å². The lowest BCUT2D eigenvalue weighted by Crippen LogP contribution is -2.30. The van der Waals surface area contributed by atoms with Gasteiger partial charge in [0, 0.05) is 19.3 Å². The standard InChI is InChI=1S/C49H94O6/c1-5-7-9-11-13-15-17-18-19-20-22-23-28-32-36-40-47(50)53-43-46(55-49(52)42-38-34-30-24-21-16-14-12-10-8-6-2)44-54-48(51)41-37-33-29-26-25-27-31-35-39-45(3)4/h45-46H,5-44H2,1-4H3/t46-/m0/s1. The molecule has 0 N–H and O–H groups in total. The van der Waals surface area contributed by atoms with Gasteiger partial charge in [-0.3, -0.25) is 14.4 Å². The zero-order valence-corrected chi connectivity index (χ0v) is 37.4. The van der Waals surface area contributed by atoms with Gasteiger partial charge >= 0.3 is 17.9 Å². The van der Waals surface area contributed by atoms with Crippen molar-refractivity contribution in [3.05, 3.63) is 0 Å². The zero-order valence-electron chi connectivity index (χ0n) is 37.4. The summed E-state index contributed by atoms with van der Waals surface area (Å²) in [6.07, 6.45) is 43.7. The molecule has 0 rings (SSSR count). The summed E-state index contributed by atoms with van der Waals surface area (Å²) in [6, 6.07) is 0. The van der Waals surface area contributed by atoms with Gasteiger partial charge in [0.1, 0.15) is 13.2 Å². The van der Waals surface area contributed by atoms with E-state index in [9.17, 15) is 14.4 Å². The van der Waals surface area contributed by atoms with Gasteiger partial charge in [-0.2, -0.15) is 0 Å². The minimum atomic E-state index is -0.759. The van der Waals surface area contributed by atoms with E-state index in [4.69, 9.17) is 14.2 Å². The molecule has 0 aromatic carbocycles. The van der Waals surface area contributed by atoms with Crippen LogP contribution in [0.2, 0.25) is 0 Å². The predicted molar refractivity (Wildman–Crippen MR) is 233 cm³/mol. The van der Waals surface area contributed by atoms with Crippen LogP contribution in [0.1, 0.15) is 272 Å². The zero-order chi connectivity index (χ0) is 40.3. The first-order chi connectivity index (χ1) is 26.9. The van der Waals surface area contributed by atoms with Crippen LogP contribution in [0, 0.1) is 5.92 Å². The highest BCUT2D eigenvalue weighted by Gasteiger charge is 2.19. The first-order valence-corrected chi connectivity index (χ1v) is 24.4. The third-order valence-corrected chi connectivity index (χ3v) is 11.0. The van der Waals surface area contributed by atoms with Crippen molar-refractivity contribution in [2.75, 3.05) is 13.2 Å². The predicted octanol–water partition coefficient (Wildman–Crippen LogP) is 15.5. The van der Waals surface area contributed by atoms with E-state index in [2.05, 4.69) is 27.7 Å². The normalized spacial score (nSPS) is 11.9. The van der Waals surface area contributed by atoms with Crippen molar-refractivity contribution in [3.63, 3.8) is 0 Å². The summed E-state index contributed by atoms with van der Waals surface area (Å²) >= 11 is 0. The molecular formula is C49H94O6. The van der Waals surface area contributed by atoms with Gasteiger partial charge in [0.2, 0.25) is 0 Å². The SMILES string of the molecule is CCCCCCCCCCCCCCCCCC(=O)OC[C@@H](COC(=O)CCCCCCCCCCC(C)C)OC(=O)CCCCCCCCCCCCC. The molecule has 0 amide bonds. The van der Waals surface area contributed by atoms with Crippen molar-refractivity contribution in [2.45, 2.75) is 278 Å². The summed E-state index contributed by atoms with van der Waals surface area (Å²) in [7, 11) is 0. The Morgan fingerprint density at radius 1 is 0.345 bits per heavy atom. The maximum absolute atomic E-state index is 12.7. The van der Waals surface area contributed by atoms with Gasteiger partial charge in [-0.1, -0.05) is 233 Å². The van der Waals surface area contributed by atoms with Crippen LogP contribution in [-0.4, -0.2) is 37.2 Å². The molecule has 0 spiro atoms. The molecule has 0 aromatic heterocycles. The third-order valence-electron chi connectivity index (χ3n) is 11.0. The van der Waals surface area contributed by atoms with Crippen LogP contribution in [0.4, 0.5) is 0 Å². The fraction of sp³-hybridized carbons (Fsp3) is 0.939. The third kappa shape index (κ3) is 43.4. The number of unbranched alkanes of at least 4 members (excludes halogenated alkanes) is 31. The lowest BCUT2D eigenvalue weighted by atomic mass is 10.0. The maximum Gasteiger partial charge on any atom is 0.306 e. The molecule has 0 radical (unpaired) electrons. The van der Waals surface area contributed by atoms with Crippen molar-refractivity contribution in [1.29, 1.82) is 0 Å². The topological polar surface area (TPSA) is 78.9 Å². The largest absolute Gasteiger partial charge is 0.462 e. The average Bonchev–Trinajstić information content (AvgIpc) is 3.17. The minimum absolute atomic E-state index is 0.0635. The summed E-state index contributed by atoms with van der Waals surface area (Å²) in [6.45, 7) is 8.97. The highest BCUT2D eigenvalue weighted by molar-refractivity contribution is 5.71. The molecule has 6 heteroatoms. The summed E-state index contributed by atoms with van der Waals surface area (Å²) in [4.78, 5) is 37.8. The number of ether oxygens (including phenoxy) is 3. The maximum atomic E-state index is 12.7. The van der Waals surface area contributed by atoms with Crippen LogP contribution in [0.25, 0.3) is 0 Å². The molecule has 0 aliphatic heterocycles. The Morgan fingerprint density at radius 2 is 0.600 bits per heavy atom. The minimum Gasteiger partial charge on any atom is -0.462 e. The van der Waals surface area contributed by atoms with Crippen LogP contribution in [0.15, 0.2) is 0 Å². The molecule has 0 aromatic rings. The first kappa shape index (κ1) is 53.4. The second-order valence-corrected chi connectivity index (χ2v) is 17.2. The Balaban J connectivity index is 4.29. The number of rotatable bonds is 44. The average molecular weight is 779 g/mol. The quantitative estimate of drug-likeness (QED) is 0.0348. The Hall–Kier alpha value is -1.59. The highest BCUT2D eigenvalue weighted by atomic mass is 16.6. The van der Waals surface area contributed by atoms with Gasteiger partial charge in [0.25, 0.3) is 0 Å². The molecule has 55 heavy (non-hydrogen) atoms. The van der Waals surface area contributed by atoms with Gasteiger partial charge in [-0.25, -0.2) is 0 Å². The van der Waals surface area contributed by atoms with Crippen LogP contribution in [0.5, 0.6) is 0 Å². The van der Waals surface area contributed by atoms with Gasteiger partial charge in [0.15, 0.2) is 6.10 Å². The number of carbonyl (C=O) groups is 3. The van der Waals surface area contributed by atoms with Crippen molar-refractivity contribution < 1.29 is 28.6 Å². The van der Waals surface area contributed by atoms with Crippen molar-refractivity contribution in [2.24, 2.45) is 5.92 Å². The molecule has 326 valence electrons. The molecule has 0 aliphatic rings. The van der Waals surface area contributed by atoms with Crippen molar-refractivity contribution in [3.8, 4) is 0 Å². The molecule has 0 aliphatic carbocycles. The highest BCUT2D eigenvalue weighted by Crippen LogP contribution is 2.16. The summed E-state index contributed by atoms with van der Waals surface area (Å²) in [5.74, 6) is -0.0546. The Kier molecular flexibility index (Phi) is 42.3. The van der Waals surface area contributed by atoms with Crippen LogP contribution >= 0.6 is 0 Å². The summed E-state index contributed by atoms with van der Waals surface area (Å²) in [5, 5.41) is 0. The summed E-state index contributed by atoms with van der Waals surface area (Å²) < 4.78 is 16.7. The van der Waals surface area contributed by atoms with E-state index in [1.165, 1.54) is 167 Å². The second-order valence-electron chi connectivity index (χ2n) is 17.2.